The lowest BCUT2D eigenvalue weighted by molar-refractivity contribution is -0.114. The Morgan fingerprint density at radius 1 is 1.10 bits per heavy atom. The monoisotopic (exact) mass is 469 g/mol. The van der Waals surface area contributed by atoms with Gasteiger partial charge >= 0.3 is 0 Å². The molecule has 3 rings (SSSR count). The van der Waals surface area contributed by atoms with Crippen molar-refractivity contribution >= 4 is 42.8 Å². The van der Waals surface area contributed by atoms with Crippen LogP contribution >= 0.6 is 0 Å². The van der Waals surface area contributed by atoms with Gasteiger partial charge in [-0.25, -0.2) is 16.8 Å². The summed E-state index contributed by atoms with van der Waals surface area (Å²) in [4.78, 5) is 11.3. The van der Waals surface area contributed by atoms with Gasteiger partial charge in [0.1, 0.15) is 5.75 Å². The van der Waals surface area contributed by atoms with Crippen molar-refractivity contribution in [2.45, 2.75) is 24.0 Å². The Labute approximate surface area is 180 Å². The van der Waals surface area contributed by atoms with Crippen LogP contribution in [0.25, 0.3) is 0 Å². The molecule has 0 radical (unpaired) electrons. The molecule has 0 aliphatic carbocycles. The first-order valence-electron chi connectivity index (χ1n) is 9.22. The predicted molar refractivity (Wildman–Crippen MR) is 117 cm³/mol. The summed E-state index contributed by atoms with van der Waals surface area (Å²) < 4.78 is 56.2. The van der Waals surface area contributed by atoms with E-state index < -0.39 is 32.0 Å². The molecule has 0 spiro atoms. The average molecular weight is 470 g/mol. The van der Waals surface area contributed by atoms with E-state index in [1.165, 1.54) is 44.4 Å². The minimum absolute atomic E-state index is 0.0708. The minimum atomic E-state index is -3.95. The van der Waals surface area contributed by atoms with E-state index in [0.29, 0.717) is 11.4 Å². The van der Waals surface area contributed by atoms with Crippen LogP contribution in [-0.4, -0.2) is 58.6 Å². The predicted octanol–water partition coefficient (Wildman–Crippen LogP) is 1.02. The van der Waals surface area contributed by atoms with Crippen molar-refractivity contribution in [2.75, 3.05) is 34.0 Å². The zero-order valence-electron chi connectivity index (χ0n) is 16.8. The summed E-state index contributed by atoms with van der Waals surface area (Å²) in [5, 5.41) is 15.3. The van der Waals surface area contributed by atoms with Crippen LogP contribution in [0, 0.1) is 0 Å². The summed E-state index contributed by atoms with van der Waals surface area (Å²) in [6, 6.07) is 9.62. The summed E-state index contributed by atoms with van der Waals surface area (Å²) in [7, 11) is -5.83. The van der Waals surface area contributed by atoms with Gasteiger partial charge in [-0.05, 0) is 42.5 Å². The molecule has 1 aliphatic heterocycles. The van der Waals surface area contributed by atoms with E-state index in [9.17, 15) is 26.7 Å². The summed E-state index contributed by atoms with van der Waals surface area (Å²) >= 11 is 0. The Balaban J connectivity index is 1.74. The molecule has 0 saturated carbocycles. The summed E-state index contributed by atoms with van der Waals surface area (Å²) in [6.07, 6.45) is -1.00. The highest BCUT2D eigenvalue weighted by Gasteiger charge is 2.36. The lowest BCUT2D eigenvalue weighted by Crippen LogP contribution is -2.31. The molecule has 0 bridgehead atoms. The number of nitrogens with one attached hydrogen (secondary N) is 3. The Bertz CT molecular complexity index is 1180. The van der Waals surface area contributed by atoms with Crippen molar-refractivity contribution < 1.29 is 31.5 Å². The standard InChI is InChI=1S/C19H23N3O7S2/c1-12(23)20-16-9-15(7-8-19(16)29-2)31(27,28)22-14-5-3-13(4-6-14)21-17-10-30(25,26)11-18(17)24/h3-9,17-18,21-22,24H,10-11H2,1-2H3,(H,20,23)/t17-,18-/m1/s1. The molecule has 2 aromatic carbocycles. The first-order chi connectivity index (χ1) is 14.5. The third kappa shape index (κ3) is 5.66. The second-order valence-electron chi connectivity index (χ2n) is 7.12. The van der Waals surface area contributed by atoms with Gasteiger partial charge in [0, 0.05) is 18.3 Å². The van der Waals surface area contributed by atoms with Crippen LogP contribution in [0.15, 0.2) is 47.4 Å². The number of aliphatic hydroxyl groups excluding tert-OH is 1. The van der Waals surface area contributed by atoms with Crippen LogP contribution in [-0.2, 0) is 24.7 Å². The largest absolute Gasteiger partial charge is 0.495 e. The van der Waals surface area contributed by atoms with E-state index in [1.807, 2.05) is 0 Å². The second-order valence-corrected chi connectivity index (χ2v) is 11.0. The molecule has 1 fully saturated rings. The van der Waals surface area contributed by atoms with Crippen LogP contribution in [0.3, 0.4) is 0 Å². The fourth-order valence-corrected chi connectivity index (χ4v) is 6.00. The van der Waals surface area contributed by atoms with E-state index >= 15 is 0 Å². The molecule has 2 aromatic rings. The highest BCUT2D eigenvalue weighted by Crippen LogP contribution is 2.29. The Morgan fingerprint density at radius 2 is 1.74 bits per heavy atom. The van der Waals surface area contributed by atoms with E-state index in [1.54, 1.807) is 12.1 Å². The number of hydrogen-bond acceptors (Lipinski definition) is 8. The molecule has 31 heavy (non-hydrogen) atoms. The topological polar surface area (TPSA) is 151 Å². The van der Waals surface area contributed by atoms with Gasteiger partial charge in [0.25, 0.3) is 10.0 Å². The van der Waals surface area contributed by atoms with Gasteiger partial charge in [-0.3, -0.25) is 9.52 Å². The zero-order valence-corrected chi connectivity index (χ0v) is 18.5. The summed E-state index contributed by atoms with van der Waals surface area (Å²) in [5.74, 6) is -0.508. The number of ether oxygens (including phenoxy) is 1. The molecule has 12 heteroatoms. The second kappa shape index (κ2) is 8.73. The van der Waals surface area contributed by atoms with E-state index in [-0.39, 0.29) is 33.7 Å². The normalized spacial score (nSPS) is 20.1. The highest BCUT2D eigenvalue weighted by molar-refractivity contribution is 7.92. The van der Waals surface area contributed by atoms with Gasteiger partial charge < -0.3 is 20.5 Å². The number of hydrogen-bond donors (Lipinski definition) is 4. The number of carbonyl (C=O) groups excluding carboxylic acids is 1. The maximum absolute atomic E-state index is 12.7. The van der Waals surface area contributed by atoms with Crippen LogP contribution in [0.2, 0.25) is 0 Å². The average Bonchev–Trinajstić information content (AvgIpc) is 2.94. The maximum atomic E-state index is 12.7. The van der Waals surface area contributed by atoms with Crippen LogP contribution in [0.4, 0.5) is 17.1 Å². The number of rotatable bonds is 7. The summed E-state index contributed by atoms with van der Waals surface area (Å²) in [6.45, 7) is 1.30. The van der Waals surface area contributed by atoms with E-state index in [4.69, 9.17) is 4.74 Å². The van der Waals surface area contributed by atoms with Gasteiger partial charge in [0.15, 0.2) is 9.84 Å². The van der Waals surface area contributed by atoms with Crippen molar-refractivity contribution in [3.63, 3.8) is 0 Å². The number of carbonyl (C=O) groups is 1. The number of benzene rings is 2. The highest BCUT2D eigenvalue weighted by atomic mass is 32.2. The van der Waals surface area contributed by atoms with Crippen molar-refractivity contribution in [3.8, 4) is 5.75 Å². The van der Waals surface area contributed by atoms with Crippen LogP contribution in [0.5, 0.6) is 5.75 Å². The Kier molecular flexibility index (Phi) is 6.43. The number of aliphatic hydroxyl groups is 1. The van der Waals surface area contributed by atoms with E-state index in [2.05, 4.69) is 15.4 Å². The smallest absolute Gasteiger partial charge is 0.261 e. The third-order valence-corrected chi connectivity index (χ3v) is 7.70. The van der Waals surface area contributed by atoms with Gasteiger partial charge in [-0.1, -0.05) is 0 Å². The first-order valence-corrected chi connectivity index (χ1v) is 12.5. The lowest BCUT2D eigenvalue weighted by atomic mass is 10.2. The van der Waals surface area contributed by atoms with Crippen molar-refractivity contribution in [3.05, 3.63) is 42.5 Å². The fraction of sp³-hybridized carbons (Fsp3) is 0.316. The van der Waals surface area contributed by atoms with Crippen LogP contribution < -0.4 is 20.1 Å². The number of amides is 1. The molecule has 4 N–H and O–H groups in total. The molecular formula is C19H23N3O7S2. The first kappa shape index (κ1) is 22.8. The molecule has 1 heterocycles. The van der Waals surface area contributed by atoms with Gasteiger partial charge in [0.2, 0.25) is 5.91 Å². The molecule has 168 valence electrons. The third-order valence-electron chi connectivity index (χ3n) is 4.60. The van der Waals surface area contributed by atoms with Crippen LogP contribution in [0.1, 0.15) is 6.92 Å². The molecule has 10 nitrogen and oxygen atoms in total. The fourth-order valence-electron chi connectivity index (χ4n) is 3.17. The van der Waals surface area contributed by atoms with Gasteiger partial charge in [0.05, 0.1) is 41.3 Å². The van der Waals surface area contributed by atoms with Gasteiger partial charge in [-0.15, -0.1) is 0 Å². The quantitative estimate of drug-likeness (QED) is 0.469. The maximum Gasteiger partial charge on any atom is 0.261 e. The molecule has 1 aliphatic rings. The number of sulfone groups is 1. The SMILES string of the molecule is COc1ccc(S(=O)(=O)Nc2ccc(N[C@@H]3CS(=O)(=O)C[C@H]3O)cc2)cc1NC(C)=O. The van der Waals surface area contributed by atoms with Crippen molar-refractivity contribution in [2.24, 2.45) is 0 Å². The number of anilines is 3. The number of sulfonamides is 1. The molecule has 1 amide bonds. The Morgan fingerprint density at radius 3 is 2.29 bits per heavy atom. The molecular weight excluding hydrogens is 446 g/mol. The van der Waals surface area contributed by atoms with Crippen molar-refractivity contribution in [1.82, 2.24) is 0 Å². The molecule has 0 unspecified atom stereocenters. The summed E-state index contributed by atoms with van der Waals surface area (Å²) in [5.41, 5.74) is 1.05. The number of methoxy groups -OCH3 is 1. The lowest BCUT2D eigenvalue weighted by Gasteiger charge is -2.17. The Hall–Kier alpha value is -2.83. The zero-order chi connectivity index (χ0) is 22.8. The van der Waals surface area contributed by atoms with Gasteiger partial charge in [-0.2, -0.15) is 0 Å². The minimum Gasteiger partial charge on any atom is -0.495 e. The van der Waals surface area contributed by atoms with E-state index in [0.717, 1.165) is 0 Å². The molecule has 0 aromatic heterocycles. The molecule has 2 atom stereocenters. The molecule has 1 saturated heterocycles. The van der Waals surface area contributed by atoms with Crippen molar-refractivity contribution in [1.29, 1.82) is 0 Å².